The number of likely N-dealkylation sites (N-methyl/N-ethyl adjacent to an activating group) is 4. The van der Waals surface area contributed by atoms with Gasteiger partial charge in [-0.2, -0.15) is 0 Å². The van der Waals surface area contributed by atoms with Crippen molar-refractivity contribution in [2.24, 2.45) is 0 Å². The van der Waals surface area contributed by atoms with Crippen LogP contribution in [0.25, 0.3) is 0 Å². The van der Waals surface area contributed by atoms with Crippen molar-refractivity contribution in [1.29, 1.82) is 0 Å². The predicted molar refractivity (Wildman–Crippen MR) is 271 cm³/mol. The fraction of sp³-hybridized carbons (Fsp3) is 0.538. The van der Waals surface area contributed by atoms with Gasteiger partial charge in [0.05, 0.1) is 0 Å². The Balaban J connectivity index is 0.000000473. The summed E-state index contributed by atoms with van der Waals surface area (Å²) in [7, 11) is 20.4. The summed E-state index contributed by atoms with van der Waals surface area (Å²) in [6.45, 7) is 6.97. The fourth-order valence-corrected chi connectivity index (χ4v) is 6.51. The van der Waals surface area contributed by atoms with Crippen molar-refractivity contribution in [3.05, 3.63) is 95.1 Å². The molecular formula is C52H82ClN5O8. The predicted octanol–water partition coefficient (Wildman–Crippen LogP) is 7.87. The zero-order valence-electron chi connectivity index (χ0n) is 41.7. The van der Waals surface area contributed by atoms with Gasteiger partial charge >= 0.3 is 0 Å². The van der Waals surface area contributed by atoms with Crippen LogP contribution in [0.1, 0.15) is 47.9 Å². The first-order valence-corrected chi connectivity index (χ1v) is 23.6. The third-order valence-corrected chi connectivity index (χ3v) is 10.3. The summed E-state index contributed by atoms with van der Waals surface area (Å²) < 4.78 is 24.3. The second-order valence-corrected chi connectivity index (χ2v) is 18.1. The highest BCUT2D eigenvalue weighted by Gasteiger charge is 2.11. The third-order valence-electron chi connectivity index (χ3n) is 10.2. The average Bonchev–Trinajstić information content (AvgIpc) is 3.25. The largest absolute Gasteiger partial charge is 0.504 e. The van der Waals surface area contributed by atoms with Crippen molar-refractivity contribution in [2.75, 3.05) is 136 Å². The molecule has 0 heterocycles. The quantitative estimate of drug-likeness (QED) is 0.0250. The van der Waals surface area contributed by atoms with E-state index in [9.17, 15) is 20.4 Å². The molecule has 0 aliphatic carbocycles. The van der Waals surface area contributed by atoms with Crippen molar-refractivity contribution in [2.45, 2.75) is 51.4 Å². The van der Waals surface area contributed by atoms with E-state index >= 15 is 0 Å². The summed E-state index contributed by atoms with van der Waals surface area (Å²) in [6.07, 6.45) is 7.69. The molecule has 0 aliphatic rings. The molecule has 0 atom stereocenters. The lowest BCUT2D eigenvalue weighted by Crippen LogP contribution is -2.21. The molecule has 4 rings (SSSR count). The van der Waals surface area contributed by atoms with Crippen molar-refractivity contribution in [3.8, 4) is 46.0 Å². The number of rotatable bonds is 28. The van der Waals surface area contributed by atoms with Gasteiger partial charge in [0.15, 0.2) is 46.0 Å². The van der Waals surface area contributed by atoms with Crippen LogP contribution < -0.4 is 18.9 Å². The number of ether oxygens (including phenoxy) is 4. The Morgan fingerprint density at radius 1 is 0.348 bits per heavy atom. The third kappa shape index (κ3) is 25.9. The van der Waals surface area contributed by atoms with Gasteiger partial charge in [-0.3, -0.25) is 0 Å². The number of benzene rings is 4. The maximum absolute atomic E-state index is 9.39. The number of nitrogens with zero attached hydrogens (tertiary/aromatic N) is 5. The Morgan fingerprint density at radius 2 is 0.621 bits per heavy atom. The molecule has 0 saturated carbocycles. The monoisotopic (exact) mass is 940 g/mol. The highest BCUT2D eigenvalue weighted by atomic mass is 35.5. The number of unbranched alkanes of at least 4 members (excludes halogenated alkanes) is 2. The Bertz CT molecular complexity index is 1780. The van der Waals surface area contributed by atoms with Crippen molar-refractivity contribution >= 4 is 11.6 Å². The zero-order chi connectivity index (χ0) is 48.9. The van der Waals surface area contributed by atoms with E-state index in [-0.39, 0.29) is 23.0 Å². The maximum atomic E-state index is 9.39. The maximum Gasteiger partial charge on any atom is 0.161 e. The van der Waals surface area contributed by atoms with Gasteiger partial charge in [0.25, 0.3) is 0 Å². The van der Waals surface area contributed by atoms with E-state index in [4.69, 9.17) is 30.5 Å². The summed E-state index contributed by atoms with van der Waals surface area (Å²) in [5.41, 5.74) is 4.51. The number of phenols is 4. The SMILES string of the molecule is CN(C)CCCl.CN(C)CCOc1ccc(CCCCc2ccc(OCCN(C)C)c(OCCN(C)C)c2)cc1OCCN(C)C.Oc1ccc(CCCCc2ccc(O)c(O)c2)cc1O. The molecule has 0 amide bonds. The molecule has 0 aliphatic heterocycles. The lowest BCUT2D eigenvalue weighted by atomic mass is 10.0. The minimum Gasteiger partial charge on any atom is -0.504 e. The topological polar surface area (TPSA) is 134 Å². The minimum absolute atomic E-state index is 0.0917. The van der Waals surface area contributed by atoms with Crippen molar-refractivity contribution in [1.82, 2.24) is 24.5 Å². The van der Waals surface area contributed by atoms with E-state index in [1.807, 2.05) is 19.0 Å². The van der Waals surface area contributed by atoms with E-state index in [1.165, 1.54) is 23.3 Å². The zero-order valence-corrected chi connectivity index (χ0v) is 42.4. The molecule has 4 aromatic rings. The van der Waals surface area contributed by atoms with E-state index in [0.29, 0.717) is 26.4 Å². The van der Waals surface area contributed by atoms with Crippen LogP contribution in [0.15, 0.2) is 72.8 Å². The number of halogens is 1. The van der Waals surface area contributed by atoms with Crippen LogP contribution in [0.5, 0.6) is 46.0 Å². The normalized spacial score (nSPS) is 11.2. The van der Waals surface area contributed by atoms with Crippen LogP contribution in [0.3, 0.4) is 0 Å². The van der Waals surface area contributed by atoms with Crippen LogP contribution >= 0.6 is 11.6 Å². The van der Waals surface area contributed by atoms with Crippen LogP contribution in [-0.4, -0.2) is 180 Å². The van der Waals surface area contributed by atoms with Crippen LogP contribution in [-0.2, 0) is 25.7 Å². The number of hydrogen-bond donors (Lipinski definition) is 4. The molecule has 0 fully saturated rings. The number of aryl methyl sites for hydroxylation is 4. The van der Waals surface area contributed by atoms with Gasteiger partial charge in [0.2, 0.25) is 0 Å². The summed E-state index contributed by atoms with van der Waals surface area (Å²) in [4.78, 5) is 10.5. The molecule has 0 radical (unpaired) electrons. The highest BCUT2D eigenvalue weighted by molar-refractivity contribution is 6.18. The van der Waals surface area contributed by atoms with Crippen LogP contribution in [0, 0.1) is 0 Å². The van der Waals surface area contributed by atoms with Crippen LogP contribution in [0.4, 0.5) is 0 Å². The number of aromatic hydroxyl groups is 4. The molecule has 0 aromatic heterocycles. The molecular weight excluding hydrogens is 858 g/mol. The summed E-state index contributed by atoms with van der Waals surface area (Å²) in [5, 5.41) is 37.2. The van der Waals surface area contributed by atoms with Gasteiger partial charge in [0, 0.05) is 38.6 Å². The molecule has 0 saturated heterocycles. The first kappa shape index (κ1) is 57.5. The van der Waals surface area contributed by atoms with E-state index in [0.717, 1.165) is 124 Å². The molecule has 14 heteroatoms. The number of alkyl halides is 1. The highest BCUT2D eigenvalue weighted by Crippen LogP contribution is 2.32. The molecule has 66 heavy (non-hydrogen) atoms. The smallest absolute Gasteiger partial charge is 0.161 e. The molecule has 4 aromatic carbocycles. The first-order valence-electron chi connectivity index (χ1n) is 23.1. The fourth-order valence-electron chi connectivity index (χ4n) is 6.17. The van der Waals surface area contributed by atoms with E-state index in [2.05, 4.69) is 112 Å². The summed E-state index contributed by atoms with van der Waals surface area (Å²) in [6, 6.07) is 22.5. The number of hydrogen-bond acceptors (Lipinski definition) is 13. The van der Waals surface area contributed by atoms with E-state index in [1.54, 1.807) is 24.3 Å². The van der Waals surface area contributed by atoms with Gasteiger partial charge in [-0.15, -0.1) is 11.6 Å². The number of phenolic OH excluding ortho intramolecular Hbond substituents is 4. The van der Waals surface area contributed by atoms with Crippen LogP contribution in [0.2, 0.25) is 0 Å². The Morgan fingerprint density at radius 3 is 0.879 bits per heavy atom. The molecule has 0 unspecified atom stereocenters. The second kappa shape index (κ2) is 32.9. The molecule has 0 bridgehead atoms. The van der Waals surface area contributed by atoms with Crippen molar-refractivity contribution in [3.63, 3.8) is 0 Å². The summed E-state index contributed by atoms with van der Waals surface area (Å²) >= 11 is 5.35. The molecule has 13 nitrogen and oxygen atoms in total. The van der Waals surface area contributed by atoms with E-state index < -0.39 is 0 Å². The molecule has 370 valence electrons. The standard InChI is InChI=1S/C32H54N4O4.C16H18O4.C4H10ClN/c1-33(2)17-21-37-29-15-13-27(25-31(29)39-23-19-35(5)6)11-9-10-12-28-14-16-30(38-22-18-34(3)4)32(26-28)40-24-20-36(7)8;17-13-7-5-11(9-15(13)19)3-1-2-4-12-6-8-14(18)16(20)10-12;1-6(2)4-3-5/h13-16,25-26H,9-12,17-24H2,1-8H3;5-10,17-20H,1-4H2;3-4H2,1-2H3. The first-order chi connectivity index (χ1) is 31.5. The Hall–Kier alpha value is -4.63. The van der Waals surface area contributed by atoms with Crippen molar-refractivity contribution < 1.29 is 39.4 Å². The van der Waals surface area contributed by atoms with Gasteiger partial charge in [0.1, 0.15) is 26.4 Å². The summed E-state index contributed by atoms with van der Waals surface area (Å²) in [5.74, 6) is 3.65. The lowest BCUT2D eigenvalue weighted by Gasteiger charge is -2.17. The molecule has 4 N–H and O–H groups in total. The minimum atomic E-state index is -0.103. The Kier molecular flexibility index (Phi) is 28.7. The molecule has 0 spiro atoms. The Labute approximate surface area is 402 Å². The van der Waals surface area contributed by atoms with Gasteiger partial charge in [-0.25, -0.2) is 0 Å². The second-order valence-electron chi connectivity index (χ2n) is 17.7. The average molecular weight is 941 g/mol. The van der Waals surface area contributed by atoms with Gasteiger partial charge in [-0.1, -0.05) is 24.3 Å². The lowest BCUT2D eigenvalue weighted by molar-refractivity contribution is 0.227. The van der Waals surface area contributed by atoms with Gasteiger partial charge < -0.3 is 63.9 Å². The van der Waals surface area contributed by atoms with Gasteiger partial charge in [-0.05, 0) is 193 Å².